The predicted octanol–water partition coefficient (Wildman–Crippen LogP) is 4.99. The number of halogens is 3. The van der Waals surface area contributed by atoms with E-state index < -0.39 is 16.9 Å². The molecule has 0 N–H and O–H groups in total. The van der Waals surface area contributed by atoms with Gasteiger partial charge in [0.25, 0.3) is 0 Å². The number of fused-ring (bicyclic) bond motifs is 2. The zero-order valence-corrected chi connectivity index (χ0v) is 22.0. The van der Waals surface area contributed by atoms with Crippen molar-refractivity contribution in [2.24, 2.45) is 0 Å². The summed E-state index contributed by atoms with van der Waals surface area (Å²) in [6, 6.07) is 13.8. The minimum atomic E-state index is -4.74. The number of rotatable bonds is 8. The second-order valence-corrected chi connectivity index (χ2v) is 10.3. The molecule has 0 unspecified atom stereocenters. The van der Waals surface area contributed by atoms with Crippen LogP contribution in [0, 0.1) is 10.1 Å². The molecule has 4 heterocycles. The van der Waals surface area contributed by atoms with Gasteiger partial charge in [-0.3, -0.25) is 9.47 Å². The number of imidazole rings is 1. The molecule has 0 radical (unpaired) electrons. The normalized spacial score (nSPS) is 19.3. The lowest BCUT2D eigenvalue weighted by Gasteiger charge is -2.35. The molecule has 2 aromatic carbocycles. The molecule has 41 heavy (non-hydrogen) atoms. The van der Waals surface area contributed by atoms with Crippen molar-refractivity contribution >= 4 is 22.5 Å². The van der Waals surface area contributed by atoms with Crippen LogP contribution in [0.5, 0.6) is 17.5 Å². The van der Waals surface area contributed by atoms with Gasteiger partial charge in [0, 0.05) is 42.2 Å². The van der Waals surface area contributed by atoms with Gasteiger partial charge in [-0.25, -0.2) is 0 Å². The maximum absolute atomic E-state index is 12.5. The van der Waals surface area contributed by atoms with Crippen LogP contribution in [0.2, 0.25) is 0 Å². The minimum Gasteiger partial charge on any atom is -0.489 e. The molecule has 2 aliphatic rings. The van der Waals surface area contributed by atoms with Crippen molar-refractivity contribution in [2.45, 2.75) is 32.0 Å². The molecule has 0 amide bonds. The Labute approximate surface area is 231 Å². The summed E-state index contributed by atoms with van der Waals surface area (Å²) in [6.45, 7) is 6.25. The molecule has 216 valence electrons. The summed E-state index contributed by atoms with van der Waals surface area (Å²) in [4.78, 5) is 18.7. The zero-order chi connectivity index (χ0) is 28.8. The molecule has 1 atom stereocenters. The Morgan fingerprint density at radius 2 is 1.80 bits per heavy atom. The zero-order valence-electron chi connectivity index (χ0n) is 22.0. The van der Waals surface area contributed by atoms with Gasteiger partial charge in [0.15, 0.2) is 5.60 Å². The van der Waals surface area contributed by atoms with Gasteiger partial charge < -0.3 is 33.6 Å². The third-order valence-electron chi connectivity index (χ3n) is 7.03. The summed E-state index contributed by atoms with van der Waals surface area (Å²) >= 11 is 0. The van der Waals surface area contributed by atoms with Gasteiger partial charge in [0.1, 0.15) is 35.6 Å². The highest BCUT2D eigenvalue weighted by molar-refractivity contribution is 5.79. The average molecular weight is 574 g/mol. The SMILES string of the molecule is C[C@]1(COc2ccc(N3CCN(Cc4cc5cc(OC(F)(F)F)ccc5o4)CC3)cc2)Cn2cc([N+](=O)[O-])nc2O1. The maximum atomic E-state index is 12.5. The summed E-state index contributed by atoms with van der Waals surface area (Å²) < 4.78 is 60.7. The van der Waals surface area contributed by atoms with E-state index in [4.69, 9.17) is 13.9 Å². The Kier molecular flexibility index (Phi) is 6.64. The number of furan rings is 1. The van der Waals surface area contributed by atoms with Gasteiger partial charge in [-0.15, -0.1) is 13.2 Å². The Bertz CT molecular complexity index is 1540. The van der Waals surface area contributed by atoms with Crippen LogP contribution in [0.3, 0.4) is 0 Å². The van der Waals surface area contributed by atoms with Crippen LogP contribution in [0.25, 0.3) is 11.0 Å². The number of nitrogens with zero attached hydrogens (tertiary/aromatic N) is 5. The number of piperazine rings is 1. The number of benzene rings is 2. The van der Waals surface area contributed by atoms with E-state index in [-0.39, 0.29) is 24.2 Å². The van der Waals surface area contributed by atoms with Crippen molar-refractivity contribution < 1.29 is 36.7 Å². The largest absolute Gasteiger partial charge is 0.573 e. The van der Waals surface area contributed by atoms with E-state index >= 15 is 0 Å². The molecule has 1 saturated heterocycles. The molecule has 2 aliphatic heterocycles. The third kappa shape index (κ3) is 6.01. The van der Waals surface area contributed by atoms with Crippen LogP contribution >= 0.6 is 0 Å². The standard InChI is InChI=1S/C27H26F3N5O6/c1-26(16-34-15-24(35(36)37)31-25(34)41-26)17-38-20-4-2-19(3-5-20)33-10-8-32(9-11-33)14-22-13-18-12-21(40-27(28,29)30)6-7-23(18)39-22/h2-7,12-13,15H,8-11,14,16-17H2,1H3/t26-/m1/s1. The van der Waals surface area contributed by atoms with Crippen LogP contribution in [0.4, 0.5) is 24.7 Å². The van der Waals surface area contributed by atoms with Crippen molar-refractivity contribution in [3.05, 3.63) is 70.6 Å². The van der Waals surface area contributed by atoms with Crippen molar-refractivity contribution in [1.29, 1.82) is 0 Å². The van der Waals surface area contributed by atoms with Gasteiger partial charge in [-0.2, -0.15) is 0 Å². The molecular formula is C27H26F3N5O6. The highest BCUT2D eigenvalue weighted by Crippen LogP contribution is 2.32. The average Bonchev–Trinajstić information content (AvgIpc) is 3.58. The van der Waals surface area contributed by atoms with Crippen molar-refractivity contribution in [2.75, 3.05) is 37.7 Å². The monoisotopic (exact) mass is 573 g/mol. The molecule has 11 nitrogen and oxygen atoms in total. The van der Waals surface area contributed by atoms with E-state index in [0.717, 1.165) is 31.9 Å². The van der Waals surface area contributed by atoms with Crippen LogP contribution in [-0.4, -0.2) is 64.1 Å². The first-order chi connectivity index (χ1) is 19.5. The smallest absolute Gasteiger partial charge is 0.489 e. The van der Waals surface area contributed by atoms with Gasteiger partial charge >= 0.3 is 18.2 Å². The second kappa shape index (κ2) is 10.2. The van der Waals surface area contributed by atoms with Crippen LogP contribution < -0.4 is 19.1 Å². The highest BCUT2D eigenvalue weighted by Gasteiger charge is 2.41. The minimum absolute atomic E-state index is 0.210. The van der Waals surface area contributed by atoms with Gasteiger partial charge in [0.05, 0.1) is 13.1 Å². The lowest BCUT2D eigenvalue weighted by molar-refractivity contribution is -0.389. The lowest BCUT2D eigenvalue weighted by Crippen LogP contribution is -2.45. The third-order valence-corrected chi connectivity index (χ3v) is 7.03. The first-order valence-electron chi connectivity index (χ1n) is 12.9. The second-order valence-electron chi connectivity index (χ2n) is 10.3. The molecule has 6 rings (SSSR count). The van der Waals surface area contributed by atoms with Gasteiger partial charge in [0.2, 0.25) is 0 Å². The lowest BCUT2D eigenvalue weighted by atomic mass is 10.1. The summed E-state index contributed by atoms with van der Waals surface area (Å²) in [5.41, 5.74) is 0.887. The van der Waals surface area contributed by atoms with Crippen molar-refractivity contribution in [1.82, 2.24) is 14.5 Å². The van der Waals surface area contributed by atoms with Gasteiger partial charge in [-0.05, 0) is 60.4 Å². The van der Waals surface area contributed by atoms with Crippen molar-refractivity contribution in [3.63, 3.8) is 0 Å². The van der Waals surface area contributed by atoms with E-state index in [0.29, 0.717) is 35.6 Å². The van der Waals surface area contributed by atoms with E-state index in [1.807, 2.05) is 31.2 Å². The number of aromatic nitrogens is 2. The van der Waals surface area contributed by atoms with Crippen LogP contribution in [0.15, 0.2) is 59.1 Å². The fourth-order valence-electron chi connectivity index (χ4n) is 5.08. The van der Waals surface area contributed by atoms with Crippen LogP contribution in [-0.2, 0) is 13.1 Å². The first kappa shape index (κ1) is 26.7. The molecule has 14 heteroatoms. The highest BCUT2D eigenvalue weighted by atomic mass is 19.4. The van der Waals surface area contributed by atoms with Crippen LogP contribution in [0.1, 0.15) is 12.7 Å². The molecule has 1 fully saturated rings. The van der Waals surface area contributed by atoms with E-state index in [2.05, 4.69) is 19.5 Å². The quantitative estimate of drug-likeness (QED) is 0.213. The first-order valence-corrected chi connectivity index (χ1v) is 12.9. The molecule has 0 saturated carbocycles. The number of alkyl halides is 3. The number of anilines is 1. The number of ether oxygens (including phenoxy) is 3. The van der Waals surface area contributed by atoms with E-state index in [1.165, 1.54) is 24.4 Å². The Hall–Kier alpha value is -4.46. The maximum Gasteiger partial charge on any atom is 0.573 e. The van der Waals surface area contributed by atoms with Gasteiger partial charge in [-0.1, -0.05) is 0 Å². The van der Waals surface area contributed by atoms with E-state index in [9.17, 15) is 23.3 Å². The van der Waals surface area contributed by atoms with E-state index in [1.54, 1.807) is 10.6 Å². The molecule has 4 aromatic rings. The fraction of sp³-hybridized carbons (Fsp3) is 0.370. The molecule has 0 bridgehead atoms. The summed E-state index contributed by atoms with van der Waals surface area (Å²) in [6.07, 6.45) is -3.38. The molecule has 0 aliphatic carbocycles. The molecular weight excluding hydrogens is 547 g/mol. The Balaban J connectivity index is 0.984. The summed E-state index contributed by atoms with van der Waals surface area (Å²) in [5.74, 6) is 0.845. The number of hydrogen-bond acceptors (Lipinski definition) is 9. The molecule has 0 spiro atoms. The fourth-order valence-corrected chi connectivity index (χ4v) is 5.08. The Morgan fingerprint density at radius 3 is 2.49 bits per heavy atom. The molecule has 2 aromatic heterocycles. The predicted molar refractivity (Wildman–Crippen MR) is 140 cm³/mol. The van der Waals surface area contributed by atoms with Crippen molar-refractivity contribution in [3.8, 4) is 17.5 Å². The topological polar surface area (TPSA) is 108 Å². The number of nitro groups is 1. The summed E-state index contributed by atoms with van der Waals surface area (Å²) in [5, 5.41) is 11.5. The summed E-state index contributed by atoms with van der Waals surface area (Å²) in [7, 11) is 0. The number of hydrogen-bond donors (Lipinski definition) is 0. The Morgan fingerprint density at radius 1 is 1.07 bits per heavy atom.